The van der Waals surface area contributed by atoms with Crippen LogP contribution in [-0.4, -0.2) is 53.7 Å². The van der Waals surface area contributed by atoms with Crippen molar-refractivity contribution in [2.45, 2.75) is 18.9 Å². The highest BCUT2D eigenvalue weighted by Gasteiger charge is 2.37. The zero-order valence-corrected chi connectivity index (χ0v) is 18.0. The molecule has 0 fully saturated rings. The number of nitrogens with zero attached hydrogens (tertiary/aromatic N) is 6. The molecule has 0 bridgehead atoms. The van der Waals surface area contributed by atoms with Crippen LogP contribution in [0.5, 0.6) is 5.75 Å². The Balaban J connectivity index is 1.47. The molecule has 34 heavy (non-hydrogen) atoms. The van der Waals surface area contributed by atoms with Gasteiger partial charge in [0.05, 0.1) is 53.8 Å². The molecule has 5 aromatic rings. The normalized spacial score (nSPS) is 15.9. The average Bonchev–Trinajstić information content (AvgIpc) is 3.59. The van der Waals surface area contributed by atoms with E-state index in [4.69, 9.17) is 4.74 Å². The van der Waals surface area contributed by atoms with E-state index in [0.717, 1.165) is 5.69 Å². The average molecular weight is 463 g/mol. The van der Waals surface area contributed by atoms with E-state index in [1.807, 2.05) is 0 Å². The smallest absolute Gasteiger partial charge is 0.265 e. The number of pyridine rings is 2. The van der Waals surface area contributed by atoms with Crippen molar-refractivity contribution in [2.75, 3.05) is 13.7 Å². The van der Waals surface area contributed by atoms with Crippen LogP contribution in [-0.2, 0) is 6.42 Å². The second-order valence-corrected chi connectivity index (χ2v) is 8.04. The number of rotatable bonds is 4. The number of halogens is 2. The number of aromatic nitrogens is 6. The lowest BCUT2D eigenvalue weighted by Gasteiger charge is -2.33. The number of imidazole rings is 1. The third-order valence-corrected chi connectivity index (χ3v) is 6.21. The van der Waals surface area contributed by atoms with E-state index in [9.17, 15) is 13.6 Å². The molecule has 1 N–H and O–H groups in total. The molecule has 172 valence electrons. The van der Waals surface area contributed by atoms with E-state index < -0.39 is 12.5 Å². The van der Waals surface area contributed by atoms with Crippen LogP contribution >= 0.6 is 0 Å². The highest BCUT2D eigenvalue weighted by molar-refractivity contribution is 6.01. The molecule has 6 heterocycles. The first-order valence-electron chi connectivity index (χ1n) is 10.7. The maximum Gasteiger partial charge on any atom is 0.265 e. The summed E-state index contributed by atoms with van der Waals surface area (Å²) in [4.78, 5) is 23.0. The summed E-state index contributed by atoms with van der Waals surface area (Å²) in [5, 5.41) is 8.86. The predicted octanol–water partition coefficient (Wildman–Crippen LogP) is 3.44. The molecule has 0 spiro atoms. The molecule has 0 unspecified atom stereocenters. The van der Waals surface area contributed by atoms with Gasteiger partial charge in [0.25, 0.3) is 12.3 Å². The van der Waals surface area contributed by atoms with Gasteiger partial charge in [-0.1, -0.05) is 0 Å². The Morgan fingerprint density at radius 3 is 2.94 bits per heavy atom. The standard InChI is InChI=1S/C23H19F2N7O2/c1-34-13-4-5-18-15(10-28-32(18)11-13)23(33)30-8-6-16-20(27-12-26-16)21(30)17-9-19-14(22(24)25)3-2-7-31(19)29-17/h2-5,7,9-12,21-22H,6,8H2,1H3,(H,26,27)/t21-/m0/s1. The number of hydrogen-bond acceptors (Lipinski definition) is 5. The molecule has 11 heteroatoms. The summed E-state index contributed by atoms with van der Waals surface area (Å²) in [7, 11) is 1.56. The fourth-order valence-corrected chi connectivity index (χ4v) is 4.57. The zero-order valence-electron chi connectivity index (χ0n) is 18.0. The minimum absolute atomic E-state index is 0.117. The minimum atomic E-state index is -2.64. The lowest BCUT2D eigenvalue weighted by molar-refractivity contribution is 0.0689. The molecule has 1 aliphatic heterocycles. The van der Waals surface area contributed by atoms with Gasteiger partial charge < -0.3 is 14.6 Å². The van der Waals surface area contributed by atoms with Crippen LogP contribution in [0, 0.1) is 0 Å². The molecule has 0 saturated heterocycles. The van der Waals surface area contributed by atoms with Gasteiger partial charge in [-0.3, -0.25) is 4.79 Å². The molecule has 0 aliphatic carbocycles. The predicted molar refractivity (Wildman–Crippen MR) is 117 cm³/mol. The number of carbonyl (C=O) groups excluding carboxylic acids is 1. The van der Waals surface area contributed by atoms with Crippen LogP contribution in [0.3, 0.4) is 0 Å². The van der Waals surface area contributed by atoms with E-state index in [2.05, 4.69) is 20.2 Å². The molecule has 1 atom stereocenters. The van der Waals surface area contributed by atoms with Crippen molar-refractivity contribution in [2.24, 2.45) is 0 Å². The summed E-state index contributed by atoms with van der Waals surface area (Å²) >= 11 is 0. The summed E-state index contributed by atoms with van der Waals surface area (Å²) in [5.41, 5.74) is 3.24. The van der Waals surface area contributed by atoms with E-state index in [1.165, 1.54) is 22.8 Å². The number of nitrogens with one attached hydrogen (secondary N) is 1. The lowest BCUT2D eigenvalue weighted by Crippen LogP contribution is -2.41. The van der Waals surface area contributed by atoms with Crippen LogP contribution < -0.4 is 4.74 Å². The molecule has 9 nitrogen and oxygen atoms in total. The third-order valence-electron chi connectivity index (χ3n) is 6.21. The first-order valence-corrected chi connectivity index (χ1v) is 10.7. The van der Waals surface area contributed by atoms with Crippen LogP contribution in [0.4, 0.5) is 8.78 Å². The molecule has 6 rings (SSSR count). The van der Waals surface area contributed by atoms with Gasteiger partial charge in [-0.25, -0.2) is 22.8 Å². The van der Waals surface area contributed by atoms with Crippen LogP contribution in [0.15, 0.2) is 55.2 Å². The number of amides is 1. The van der Waals surface area contributed by atoms with Gasteiger partial charge in [0.2, 0.25) is 0 Å². The van der Waals surface area contributed by atoms with Gasteiger partial charge in [0.15, 0.2) is 0 Å². The van der Waals surface area contributed by atoms with Gasteiger partial charge in [0.1, 0.15) is 11.8 Å². The first-order chi connectivity index (χ1) is 16.5. The van der Waals surface area contributed by atoms with Gasteiger partial charge in [-0.2, -0.15) is 10.2 Å². The monoisotopic (exact) mass is 463 g/mol. The number of H-pyrrole nitrogens is 1. The Labute approximate surface area is 191 Å². The van der Waals surface area contributed by atoms with Crippen molar-refractivity contribution in [1.82, 2.24) is 34.1 Å². The molecule has 1 aliphatic rings. The van der Waals surface area contributed by atoms with Gasteiger partial charge in [-0.15, -0.1) is 0 Å². The Morgan fingerprint density at radius 2 is 2.12 bits per heavy atom. The summed E-state index contributed by atoms with van der Waals surface area (Å²) in [5.74, 6) is 0.371. The quantitative estimate of drug-likeness (QED) is 0.441. The number of methoxy groups -OCH3 is 1. The summed E-state index contributed by atoms with van der Waals surface area (Å²) in [6.07, 6.45) is 4.35. The summed E-state index contributed by atoms with van der Waals surface area (Å²) in [6, 6.07) is 7.42. The van der Waals surface area contributed by atoms with Gasteiger partial charge in [0, 0.05) is 30.4 Å². The van der Waals surface area contributed by atoms with Crippen molar-refractivity contribution in [1.29, 1.82) is 0 Å². The summed E-state index contributed by atoms with van der Waals surface area (Å²) in [6.45, 7) is 0.405. The van der Waals surface area contributed by atoms with Crippen LogP contribution in [0.1, 0.15) is 45.5 Å². The van der Waals surface area contributed by atoms with Gasteiger partial charge >= 0.3 is 0 Å². The second kappa shape index (κ2) is 7.65. The lowest BCUT2D eigenvalue weighted by atomic mass is 9.98. The molecule has 1 amide bonds. The molecule has 0 radical (unpaired) electrons. The van der Waals surface area contributed by atoms with E-state index >= 15 is 0 Å². The maximum absolute atomic E-state index is 13.8. The van der Waals surface area contributed by atoms with Crippen LogP contribution in [0.2, 0.25) is 0 Å². The summed E-state index contributed by atoms with van der Waals surface area (Å²) < 4.78 is 35.4. The topological polar surface area (TPSA) is 92.8 Å². The van der Waals surface area contributed by atoms with Gasteiger partial charge in [-0.05, 0) is 30.3 Å². The molecular weight excluding hydrogens is 444 g/mol. The molecular formula is C23H19F2N7O2. The first kappa shape index (κ1) is 20.3. The Kier molecular flexibility index (Phi) is 4.57. The van der Waals surface area contributed by atoms with Crippen LogP contribution in [0.25, 0.3) is 11.0 Å². The zero-order chi connectivity index (χ0) is 23.4. The van der Waals surface area contributed by atoms with Crippen molar-refractivity contribution in [3.63, 3.8) is 0 Å². The third kappa shape index (κ3) is 3.04. The van der Waals surface area contributed by atoms with E-state index in [0.29, 0.717) is 46.7 Å². The van der Waals surface area contributed by atoms with Crippen molar-refractivity contribution < 1.29 is 18.3 Å². The molecule has 0 aromatic carbocycles. The highest BCUT2D eigenvalue weighted by Crippen LogP contribution is 2.36. The highest BCUT2D eigenvalue weighted by atomic mass is 19.3. The van der Waals surface area contributed by atoms with Crippen molar-refractivity contribution in [3.05, 3.63) is 83.5 Å². The number of carbonyl (C=O) groups is 1. The Hall–Kier alpha value is -4.28. The largest absolute Gasteiger partial charge is 0.495 e. The number of fused-ring (bicyclic) bond motifs is 3. The van der Waals surface area contributed by atoms with Crippen molar-refractivity contribution in [3.8, 4) is 5.75 Å². The molecule has 0 saturated carbocycles. The molecule has 5 aromatic heterocycles. The van der Waals surface area contributed by atoms with Crippen molar-refractivity contribution >= 4 is 16.9 Å². The fourth-order valence-electron chi connectivity index (χ4n) is 4.57. The Morgan fingerprint density at radius 1 is 1.24 bits per heavy atom. The number of ether oxygens (including phenoxy) is 1. The SMILES string of the molecule is COc1ccc2c(C(=O)N3CCc4[nH]cnc4[C@@H]3c3cc4c(C(F)F)cccn4n3)cnn2c1. The van der Waals surface area contributed by atoms with E-state index in [1.54, 1.807) is 53.4 Å². The Bertz CT molecular complexity index is 1540. The minimum Gasteiger partial charge on any atom is -0.495 e. The number of alkyl halides is 2. The van der Waals surface area contributed by atoms with E-state index in [-0.39, 0.29) is 11.5 Å². The number of hydrogen-bond donors (Lipinski definition) is 1. The maximum atomic E-state index is 13.8. The fraction of sp³-hybridized carbons (Fsp3) is 0.217. The second-order valence-electron chi connectivity index (χ2n) is 8.04. The number of aromatic amines is 1.